The Labute approximate surface area is 98.5 Å². The summed E-state index contributed by atoms with van der Waals surface area (Å²) < 4.78 is 24.1. The van der Waals surface area contributed by atoms with Crippen molar-refractivity contribution in [3.05, 3.63) is 29.6 Å². The Kier molecular flexibility index (Phi) is 2.23. The van der Waals surface area contributed by atoms with Crippen LogP contribution in [-0.2, 0) is 4.74 Å². The molecule has 0 amide bonds. The lowest BCUT2D eigenvalue weighted by Crippen LogP contribution is -2.55. The first-order chi connectivity index (χ1) is 8.12. The average molecular weight is 236 g/mol. The molecule has 0 aromatic heterocycles. The Morgan fingerprint density at radius 1 is 1.47 bits per heavy atom. The number of ether oxygens (including phenoxy) is 2. The number of carbonyl (C=O) groups excluding carboxylic acids is 1. The molecular formula is C13H13FO3. The van der Waals surface area contributed by atoms with Gasteiger partial charge in [-0.25, -0.2) is 4.39 Å². The molecule has 1 spiro atoms. The van der Waals surface area contributed by atoms with E-state index in [9.17, 15) is 9.18 Å². The Bertz CT molecular complexity index is 478. The summed E-state index contributed by atoms with van der Waals surface area (Å²) in [6.07, 6.45) is 1.92. The van der Waals surface area contributed by atoms with Crippen LogP contribution >= 0.6 is 0 Å². The lowest BCUT2D eigenvalue weighted by Gasteiger charge is -2.48. The molecule has 1 aliphatic heterocycles. The third kappa shape index (κ3) is 1.63. The molecule has 1 aliphatic carbocycles. The number of rotatable bonds is 1. The third-order valence-electron chi connectivity index (χ3n) is 3.59. The first kappa shape index (κ1) is 10.7. The number of Topliss-reactive ketones (excluding diaryl/α,β-unsaturated/α-hetero) is 1. The third-order valence-corrected chi connectivity index (χ3v) is 3.59. The molecule has 90 valence electrons. The van der Waals surface area contributed by atoms with Crippen molar-refractivity contribution in [2.45, 2.75) is 31.0 Å². The van der Waals surface area contributed by atoms with E-state index in [2.05, 4.69) is 0 Å². The van der Waals surface area contributed by atoms with Crippen molar-refractivity contribution in [1.82, 2.24) is 0 Å². The van der Waals surface area contributed by atoms with Crippen molar-refractivity contribution in [3.63, 3.8) is 0 Å². The summed E-state index contributed by atoms with van der Waals surface area (Å²) >= 11 is 0. The van der Waals surface area contributed by atoms with Crippen molar-refractivity contribution >= 4 is 5.78 Å². The molecule has 17 heavy (non-hydrogen) atoms. The summed E-state index contributed by atoms with van der Waals surface area (Å²) in [6, 6.07) is 4.07. The summed E-state index contributed by atoms with van der Waals surface area (Å²) in [4.78, 5) is 12.0. The highest BCUT2D eigenvalue weighted by atomic mass is 19.1. The normalized spacial score (nSPS) is 30.7. The first-order valence-electron chi connectivity index (χ1n) is 5.66. The molecule has 4 heteroatoms. The van der Waals surface area contributed by atoms with Crippen molar-refractivity contribution < 1.29 is 18.7 Å². The minimum atomic E-state index is -0.460. The lowest BCUT2D eigenvalue weighted by molar-refractivity contribution is -0.112. The fourth-order valence-corrected chi connectivity index (χ4v) is 2.63. The molecule has 0 N–H and O–H groups in total. The van der Waals surface area contributed by atoms with E-state index in [4.69, 9.17) is 9.47 Å². The maximum atomic E-state index is 13.1. The van der Waals surface area contributed by atoms with Gasteiger partial charge in [-0.05, 0) is 12.1 Å². The zero-order valence-electron chi connectivity index (χ0n) is 9.53. The number of halogens is 1. The number of ketones is 1. The van der Waals surface area contributed by atoms with Gasteiger partial charge in [0.15, 0.2) is 5.78 Å². The van der Waals surface area contributed by atoms with Gasteiger partial charge in [-0.3, -0.25) is 4.79 Å². The Balaban J connectivity index is 1.90. The van der Waals surface area contributed by atoms with Crippen LogP contribution in [-0.4, -0.2) is 24.6 Å². The molecule has 1 fully saturated rings. The van der Waals surface area contributed by atoms with E-state index in [1.165, 1.54) is 18.2 Å². The number of hydrogen-bond donors (Lipinski definition) is 0. The van der Waals surface area contributed by atoms with E-state index in [1.54, 1.807) is 7.11 Å². The van der Waals surface area contributed by atoms with Crippen LogP contribution in [0.15, 0.2) is 18.2 Å². The molecular weight excluding hydrogens is 223 g/mol. The molecule has 3 rings (SSSR count). The zero-order chi connectivity index (χ0) is 12.0. The standard InChI is InChI=1S/C13H13FO3/c1-16-9-5-13(6-9)7-11(15)10-3-2-8(14)4-12(10)17-13/h2-4,9H,5-7H2,1H3. The van der Waals surface area contributed by atoms with Crippen LogP contribution in [0.4, 0.5) is 4.39 Å². The van der Waals surface area contributed by atoms with Gasteiger partial charge in [-0.1, -0.05) is 0 Å². The van der Waals surface area contributed by atoms with E-state index in [0.717, 1.165) is 0 Å². The lowest BCUT2D eigenvalue weighted by atomic mass is 9.72. The fourth-order valence-electron chi connectivity index (χ4n) is 2.63. The fraction of sp³-hybridized carbons (Fsp3) is 0.462. The minimum absolute atomic E-state index is 0.0285. The number of methoxy groups -OCH3 is 1. The highest BCUT2D eigenvalue weighted by Crippen LogP contribution is 2.46. The molecule has 3 nitrogen and oxygen atoms in total. The quantitative estimate of drug-likeness (QED) is 0.750. The van der Waals surface area contributed by atoms with Crippen LogP contribution in [0, 0.1) is 5.82 Å². The number of carbonyl (C=O) groups is 1. The van der Waals surface area contributed by atoms with E-state index in [1.807, 2.05) is 0 Å². The predicted octanol–water partition coefficient (Wildman–Crippen LogP) is 2.34. The smallest absolute Gasteiger partial charge is 0.170 e. The molecule has 0 atom stereocenters. The van der Waals surface area contributed by atoms with Crippen LogP contribution in [0.2, 0.25) is 0 Å². The van der Waals surface area contributed by atoms with Crippen molar-refractivity contribution in [3.8, 4) is 5.75 Å². The van der Waals surface area contributed by atoms with Crippen LogP contribution in [0.25, 0.3) is 0 Å². The van der Waals surface area contributed by atoms with Crippen LogP contribution in [0.1, 0.15) is 29.6 Å². The average Bonchev–Trinajstić information content (AvgIpc) is 2.24. The molecule has 1 aromatic carbocycles. The van der Waals surface area contributed by atoms with Gasteiger partial charge in [0.05, 0.1) is 18.1 Å². The van der Waals surface area contributed by atoms with Crippen molar-refractivity contribution in [2.24, 2.45) is 0 Å². The number of hydrogen-bond acceptors (Lipinski definition) is 3. The highest BCUT2D eigenvalue weighted by molar-refractivity contribution is 6.00. The van der Waals surface area contributed by atoms with Gasteiger partial charge in [0.2, 0.25) is 0 Å². The van der Waals surface area contributed by atoms with Gasteiger partial charge in [0.1, 0.15) is 17.2 Å². The molecule has 0 bridgehead atoms. The van der Waals surface area contributed by atoms with Gasteiger partial charge in [-0.2, -0.15) is 0 Å². The van der Waals surface area contributed by atoms with E-state index in [0.29, 0.717) is 30.6 Å². The van der Waals surface area contributed by atoms with E-state index in [-0.39, 0.29) is 17.7 Å². The maximum Gasteiger partial charge on any atom is 0.170 e. The SMILES string of the molecule is COC1CC2(CC(=O)c3ccc(F)cc3O2)C1. The van der Waals surface area contributed by atoms with Crippen molar-refractivity contribution in [2.75, 3.05) is 7.11 Å². The zero-order valence-corrected chi connectivity index (χ0v) is 9.53. The number of fused-ring (bicyclic) bond motifs is 1. The summed E-state index contributed by atoms with van der Waals surface area (Å²) in [7, 11) is 1.65. The second-order valence-electron chi connectivity index (χ2n) is 4.79. The Morgan fingerprint density at radius 2 is 2.24 bits per heavy atom. The van der Waals surface area contributed by atoms with E-state index >= 15 is 0 Å². The van der Waals surface area contributed by atoms with E-state index < -0.39 is 5.60 Å². The topological polar surface area (TPSA) is 35.5 Å². The first-order valence-corrected chi connectivity index (χ1v) is 5.66. The summed E-state index contributed by atoms with van der Waals surface area (Å²) in [5.74, 6) is 0.0211. The molecule has 0 radical (unpaired) electrons. The molecule has 1 heterocycles. The van der Waals surface area contributed by atoms with Crippen LogP contribution in [0.3, 0.4) is 0 Å². The summed E-state index contributed by atoms with van der Waals surface area (Å²) in [5.41, 5.74) is 0.0244. The summed E-state index contributed by atoms with van der Waals surface area (Å²) in [5, 5.41) is 0. The largest absolute Gasteiger partial charge is 0.486 e. The predicted molar refractivity (Wildman–Crippen MR) is 58.7 cm³/mol. The maximum absolute atomic E-state index is 13.1. The second-order valence-corrected chi connectivity index (χ2v) is 4.79. The molecule has 2 aliphatic rings. The minimum Gasteiger partial charge on any atom is -0.486 e. The second kappa shape index (κ2) is 3.53. The summed E-state index contributed by atoms with van der Waals surface area (Å²) in [6.45, 7) is 0. The van der Waals surface area contributed by atoms with Crippen LogP contribution in [0.5, 0.6) is 5.75 Å². The van der Waals surface area contributed by atoms with Gasteiger partial charge >= 0.3 is 0 Å². The molecule has 0 unspecified atom stereocenters. The number of benzene rings is 1. The molecule has 1 saturated carbocycles. The van der Waals surface area contributed by atoms with Gasteiger partial charge in [-0.15, -0.1) is 0 Å². The molecule has 1 aromatic rings. The van der Waals surface area contributed by atoms with Crippen molar-refractivity contribution in [1.29, 1.82) is 0 Å². The van der Waals surface area contributed by atoms with Gasteiger partial charge in [0.25, 0.3) is 0 Å². The molecule has 0 saturated heterocycles. The van der Waals surface area contributed by atoms with Gasteiger partial charge < -0.3 is 9.47 Å². The highest BCUT2D eigenvalue weighted by Gasteiger charge is 2.51. The monoisotopic (exact) mass is 236 g/mol. The Hall–Kier alpha value is -1.42. The van der Waals surface area contributed by atoms with Gasteiger partial charge in [0, 0.05) is 26.0 Å². The Morgan fingerprint density at radius 3 is 2.94 bits per heavy atom. The van der Waals surface area contributed by atoms with Crippen LogP contribution < -0.4 is 4.74 Å².